The van der Waals surface area contributed by atoms with Gasteiger partial charge in [0.05, 0.1) is 16.1 Å². The second-order valence-corrected chi connectivity index (χ2v) is 5.43. The van der Waals surface area contributed by atoms with E-state index in [0.29, 0.717) is 28.0 Å². The van der Waals surface area contributed by atoms with E-state index in [1.165, 1.54) is 0 Å². The van der Waals surface area contributed by atoms with Gasteiger partial charge in [-0.2, -0.15) is 5.10 Å². The number of nitrogens with one attached hydrogen (secondary N) is 1. The van der Waals surface area contributed by atoms with Crippen LogP contribution in [-0.4, -0.2) is 25.1 Å². The first-order valence-corrected chi connectivity index (χ1v) is 7.28. The maximum absolute atomic E-state index is 6.02. The molecular formula is C16H11ClN6. The smallest absolute Gasteiger partial charge is 0.181 e. The van der Waals surface area contributed by atoms with E-state index in [0.717, 1.165) is 16.6 Å². The van der Waals surface area contributed by atoms with Gasteiger partial charge in [0.2, 0.25) is 0 Å². The van der Waals surface area contributed by atoms with E-state index in [-0.39, 0.29) is 0 Å². The molecule has 4 aromatic rings. The fraction of sp³-hybridized carbons (Fsp3) is 0. The Balaban J connectivity index is 1.91. The molecule has 3 aromatic heterocycles. The third-order valence-corrected chi connectivity index (χ3v) is 3.62. The Morgan fingerprint density at radius 3 is 2.70 bits per heavy atom. The maximum Gasteiger partial charge on any atom is 0.181 e. The van der Waals surface area contributed by atoms with Crippen molar-refractivity contribution < 1.29 is 0 Å². The van der Waals surface area contributed by atoms with Crippen LogP contribution in [0.3, 0.4) is 0 Å². The Morgan fingerprint density at radius 2 is 1.87 bits per heavy atom. The van der Waals surface area contributed by atoms with Crippen LogP contribution >= 0.6 is 11.6 Å². The van der Waals surface area contributed by atoms with Gasteiger partial charge in [-0.05, 0) is 6.07 Å². The van der Waals surface area contributed by atoms with Gasteiger partial charge < -0.3 is 5.73 Å². The summed E-state index contributed by atoms with van der Waals surface area (Å²) in [4.78, 5) is 13.1. The van der Waals surface area contributed by atoms with E-state index in [1.807, 2.05) is 30.3 Å². The molecule has 0 radical (unpaired) electrons. The number of anilines is 1. The highest BCUT2D eigenvalue weighted by molar-refractivity contribution is 6.31. The number of benzene rings is 1. The number of nitrogen functional groups attached to an aromatic ring is 1. The average molecular weight is 323 g/mol. The lowest BCUT2D eigenvalue weighted by Crippen LogP contribution is -1.98. The van der Waals surface area contributed by atoms with Crippen molar-refractivity contribution in [3.05, 3.63) is 53.7 Å². The number of hydrogen-bond acceptors (Lipinski definition) is 5. The van der Waals surface area contributed by atoms with Crippen molar-refractivity contribution in [1.82, 2.24) is 25.1 Å². The molecule has 0 bridgehead atoms. The zero-order valence-corrected chi connectivity index (χ0v) is 12.6. The van der Waals surface area contributed by atoms with Crippen molar-refractivity contribution in [2.24, 2.45) is 0 Å². The maximum atomic E-state index is 6.02. The quantitative estimate of drug-likeness (QED) is 0.590. The van der Waals surface area contributed by atoms with E-state index in [4.69, 9.17) is 17.3 Å². The van der Waals surface area contributed by atoms with Crippen molar-refractivity contribution in [3.8, 4) is 22.8 Å². The molecule has 0 spiro atoms. The first-order valence-electron chi connectivity index (χ1n) is 6.91. The third kappa shape index (κ3) is 2.49. The fourth-order valence-corrected chi connectivity index (χ4v) is 2.54. The summed E-state index contributed by atoms with van der Waals surface area (Å²) in [6.07, 6.45) is 1.55. The molecule has 6 nitrogen and oxygen atoms in total. The van der Waals surface area contributed by atoms with Gasteiger partial charge in [0.1, 0.15) is 11.5 Å². The monoisotopic (exact) mass is 322 g/mol. The number of halogens is 1. The Morgan fingerprint density at radius 1 is 1.04 bits per heavy atom. The SMILES string of the molecule is Nc1cc(-c2ccccc2)nc(-c2[nH]nc3ncc(Cl)cc23)n1. The average Bonchev–Trinajstić information content (AvgIpc) is 2.98. The lowest BCUT2D eigenvalue weighted by atomic mass is 10.1. The highest BCUT2D eigenvalue weighted by Gasteiger charge is 2.14. The van der Waals surface area contributed by atoms with Gasteiger partial charge in [-0.3, -0.25) is 5.10 Å². The summed E-state index contributed by atoms with van der Waals surface area (Å²) in [5, 5.41) is 8.34. The molecular weight excluding hydrogens is 312 g/mol. The van der Waals surface area contributed by atoms with Crippen molar-refractivity contribution in [2.45, 2.75) is 0 Å². The second kappa shape index (κ2) is 5.33. The van der Waals surface area contributed by atoms with Crippen LogP contribution < -0.4 is 5.73 Å². The molecule has 1 aromatic carbocycles. The number of aromatic nitrogens is 5. The van der Waals surface area contributed by atoms with E-state index >= 15 is 0 Å². The number of pyridine rings is 1. The molecule has 0 atom stereocenters. The summed E-state index contributed by atoms with van der Waals surface area (Å²) in [7, 11) is 0. The Hall–Kier alpha value is -2.99. The molecule has 23 heavy (non-hydrogen) atoms. The molecule has 3 N–H and O–H groups in total. The van der Waals surface area contributed by atoms with E-state index in [1.54, 1.807) is 18.3 Å². The van der Waals surface area contributed by atoms with Crippen molar-refractivity contribution in [3.63, 3.8) is 0 Å². The normalized spacial score (nSPS) is 11.0. The van der Waals surface area contributed by atoms with Crippen LogP contribution in [0.1, 0.15) is 0 Å². The zero-order valence-electron chi connectivity index (χ0n) is 11.9. The predicted octanol–water partition coefficient (Wildman–Crippen LogP) is 3.32. The molecule has 0 aliphatic carbocycles. The molecule has 0 amide bonds. The van der Waals surface area contributed by atoms with Crippen LogP contribution in [0.5, 0.6) is 0 Å². The van der Waals surface area contributed by atoms with Gasteiger partial charge in [0, 0.05) is 17.8 Å². The summed E-state index contributed by atoms with van der Waals surface area (Å²) in [6.45, 7) is 0. The van der Waals surface area contributed by atoms with Gasteiger partial charge in [0.25, 0.3) is 0 Å². The van der Waals surface area contributed by atoms with Crippen LogP contribution in [0.15, 0.2) is 48.7 Å². The predicted molar refractivity (Wildman–Crippen MR) is 89.8 cm³/mol. The molecule has 0 aliphatic rings. The molecule has 3 heterocycles. The van der Waals surface area contributed by atoms with Crippen molar-refractivity contribution in [2.75, 3.05) is 5.73 Å². The van der Waals surface area contributed by atoms with Gasteiger partial charge in [-0.1, -0.05) is 41.9 Å². The zero-order chi connectivity index (χ0) is 15.8. The number of fused-ring (bicyclic) bond motifs is 1. The number of aromatic amines is 1. The Labute approximate surface area is 136 Å². The lowest BCUT2D eigenvalue weighted by molar-refractivity contribution is 1.07. The molecule has 7 heteroatoms. The minimum Gasteiger partial charge on any atom is -0.384 e. The van der Waals surface area contributed by atoms with Crippen molar-refractivity contribution in [1.29, 1.82) is 0 Å². The number of hydrogen-bond donors (Lipinski definition) is 2. The summed E-state index contributed by atoms with van der Waals surface area (Å²) < 4.78 is 0. The summed E-state index contributed by atoms with van der Waals surface area (Å²) in [5.74, 6) is 0.835. The van der Waals surface area contributed by atoms with E-state index in [9.17, 15) is 0 Å². The standard InChI is InChI=1S/C16H11ClN6/c17-10-6-11-14(22-23-15(11)19-8-10)16-20-12(7-13(18)21-16)9-4-2-1-3-5-9/h1-8H,(H2,18,20,21)(H,19,22,23). The van der Waals surface area contributed by atoms with E-state index in [2.05, 4.69) is 25.1 Å². The van der Waals surface area contributed by atoms with Gasteiger partial charge >= 0.3 is 0 Å². The lowest BCUT2D eigenvalue weighted by Gasteiger charge is -2.05. The fourth-order valence-electron chi connectivity index (χ4n) is 2.38. The van der Waals surface area contributed by atoms with Crippen molar-refractivity contribution >= 4 is 28.5 Å². The molecule has 112 valence electrons. The first kappa shape index (κ1) is 13.7. The molecule has 4 rings (SSSR count). The third-order valence-electron chi connectivity index (χ3n) is 3.42. The molecule has 0 fully saturated rings. The highest BCUT2D eigenvalue weighted by Crippen LogP contribution is 2.27. The van der Waals surface area contributed by atoms with Crippen LogP contribution in [0, 0.1) is 0 Å². The first-order chi connectivity index (χ1) is 11.2. The molecule has 0 aliphatic heterocycles. The number of rotatable bonds is 2. The van der Waals surface area contributed by atoms with Crippen LogP contribution in [0.2, 0.25) is 5.02 Å². The highest BCUT2D eigenvalue weighted by atomic mass is 35.5. The molecule has 0 saturated heterocycles. The summed E-state index contributed by atoms with van der Waals surface area (Å²) in [5.41, 5.74) is 8.84. The van der Waals surface area contributed by atoms with Gasteiger partial charge in [-0.25, -0.2) is 15.0 Å². The second-order valence-electron chi connectivity index (χ2n) is 4.99. The van der Waals surface area contributed by atoms with Crippen LogP contribution in [0.25, 0.3) is 33.8 Å². The summed E-state index contributed by atoms with van der Waals surface area (Å²) in [6, 6.07) is 13.3. The van der Waals surface area contributed by atoms with Crippen LogP contribution in [-0.2, 0) is 0 Å². The Kier molecular flexibility index (Phi) is 3.17. The molecule has 0 saturated carbocycles. The Bertz CT molecular complexity index is 996. The van der Waals surface area contributed by atoms with Gasteiger partial charge in [-0.15, -0.1) is 0 Å². The van der Waals surface area contributed by atoms with E-state index < -0.39 is 0 Å². The minimum absolute atomic E-state index is 0.381. The number of H-pyrrole nitrogens is 1. The summed E-state index contributed by atoms with van der Waals surface area (Å²) >= 11 is 6.02. The van der Waals surface area contributed by atoms with Gasteiger partial charge in [0.15, 0.2) is 11.5 Å². The van der Waals surface area contributed by atoms with Crippen LogP contribution in [0.4, 0.5) is 5.82 Å². The largest absolute Gasteiger partial charge is 0.384 e. The molecule has 0 unspecified atom stereocenters. The number of nitrogens with zero attached hydrogens (tertiary/aromatic N) is 4. The number of nitrogens with two attached hydrogens (primary N) is 1. The topological polar surface area (TPSA) is 93.4 Å². The minimum atomic E-state index is 0.381.